The van der Waals surface area contributed by atoms with Gasteiger partial charge in [0.1, 0.15) is 0 Å². The topological polar surface area (TPSA) is 67.4 Å². The third kappa shape index (κ3) is 3.00. The molecule has 5 nitrogen and oxygen atoms in total. The number of aromatic nitrogens is 4. The number of nitrogens with zero attached hydrogens (tertiary/aromatic N) is 5. The molecule has 108 valence electrons. The first-order chi connectivity index (χ1) is 10.9. The standard InChI is InChI=1S/C16H13N5S/c17-9-4-12-22-16-20-19-15(13-7-10-18-11-8-13)21(16)14-5-2-1-3-6-14/h1-3,5-8,10-11H,4,12H2. The predicted octanol–water partition coefficient (Wildman–Crippen LogP) is 3.34. The van der Waals surface area contributed by atoms with Gasteiger partial charge < -0.3 is 0 Å². The molecule has 3 rings (SSSR count). The third-order valence-electron chi connectivity index (χ3n) is 3.03. The van der Waals surface area contributed by atoms with Crippen LogP contribution in [0.15, 0.2) is 60.0 Å². The molecule has 0 aliphatic heterocycles. The molecular formula is C16H13N5S. The lowest BCUT2D eigenvalue weighted by molar-refractivity contribution is 0.885. The maximum atomic E-state index is 8.70. The average molecular weight is 307 g/mol. The fraction of sp³-hybridized carbons (Fsp3) is 0.125. The van der Waals surface area contributed by atoms with E-state index in [2.05, 4.69) is 21.3 Å². The third-order valence-corrected chi connectivity index (χ3v) is 3.96. The summed E-state index contributed by atoms with van der Waals surface area (Å²) < 4.78 is 2.01. The Bertz CT molecular complexity index is 777. The van der Waals surface area contributed by atoms with Crippen LogP contribution in [0.1, 0.15) is 6.42 Å². The molecule has 0 unspecified atom stereocenters. The van der Waals surface area contributed by atoms with E-state index >= 15 is 0 Å². The fourth-order valence-corrected chi connectivity index (χ4v) is 2.84. The van der Waals surface area contributed by atoms with Gasteiger partial charge in [-0.3, -0.25) is 9.55 Å². The van der Waals surface area contributed by atoms with Gasteiger partial charge in [-0.25, -0.2) is 0 Å². The van der Waals surface area contributed by atoms with Gasteiger partial charge in [0.25, 0.3) is 0 Å². The van der Waals surface area contributed by atoms with Crippen molar-refractivity contribution in [1.82, 2.24) is 19.7 Å². The van der Waals surface area contributed by atoms with Crippen LogP contribution in [-0.4, -0.2) is 25.5 Å². The molecule has 0 aliphatic carbocycles. The van der Waals surface area contributed by atoms with E-state index in [1.165, 1.54) is 11.8 Å². The Labute approximate surface area is 132 Å². The van der Waals surface area contributed by atoms with Gasteiger partial charge in [0.2, 0.25) is 0 Å². The van der Waals surface area contributed by atoms with Crippen molar-refractivity contribution >= 4 is 11.8 Å². The van der Waals surface area contributed by atoms with E-state index in [1.54, 1.807) is 12.4 Å². The van der Waals surface area contributed by atoms with Gasteiger partial charge in [0.15, 0.2) is 11.0 Å². The highest BCUT2D eigenvalue weighted by atomic mass is 32.2. The molecule has 0 amide bonds. The van der Waals surface area contributed by atoms with Crippen LogP contribution in [0, 0.1) is 11.3 Å². The monoisotopic (exact) mass is 307 g/mol. The Hall–Kier alpha value is -2.65. The van der Waals surface area contributed by atoms with Crippen molar-refractivity contribution in [2.24, 2.45) is 0 Å². The number of hydrogen-bond donors (Lipinski definition) is 0. The van der Waals surface area contributed by atoms with E-state index in [1.807, 2.05) is 47.0 Å². The molecule has 2 aromatic heterocycles. The van der Waals surface area contributed by atoms with E-state index in [0.29, 0.717) is 12.2 Å². The molecule has 0 N–H and O–H groups in total. The van der Waals surface area contributed by atoms with Crippen LogP contribution in [0.3, 0.4) is 0 Å². The van der Waals surface area contributed by atoms with Crippen molar-refractivity contribution in [3.63, 3.8) is 0 Å². The molecule has 0 fully saturated rings. The Morgan fingerprint density at radius 1 is 1.05 bits per heavy atom. The SMILES string of the molecule is N#CCCSc1nnc(-c2ccncc2)n1-c1ccccc1. The summed E-state index contributed by atoms with van der Waals surface area (Å²) in [7, 11) is 0. The Balaban J connectivity index is 2.06. The average Bonchev–Trinajstić information content (AvgIpc) is 3.01. The molecule has 3 aromatic rings. The minimum atomic E-state index is 0.483. The minimum Gasteiger partial charge on any atom is -0.270 e. The summed E-state index contributed by atoms with van der Waals surface area (Å²) in [6.45, 7) is 0. The van der Waals surface area contributed by atoms with Crippen LogP contribution < -0.4 is 0 Å². The number of thioether (sulfide) groups is 1. The van der Waals surface area contributed by atoms with Gasteiger partial charge in [0, 0.05) is 35.8 Å². The van der Waals surface area contributed by atoms with Crippen molar-refractivity contribution < 1.29 is 0 Å². The number of benzene rings is 1. The van der Waals surface area contributed by atoms with Crippen molar-refractivity contribution in [3.8, 4) is 23.1 Å². The summed E-state index contributed by atoms with van der Waals surface area (Å²) in [5.41, 5.74) is 1.96. The predicted molar refractivity (Wildman–Crippen MR) is 85.5 cm³/mol. The van der Waals surface area contributed by atoms with Crippen LogP contribution in [-0.2, 0) is 0 Å². The number of hydrogen-bond acceptors (Lipinski definition) is 5. The van der Waals surface area contributed by atoms with Gasteiger partial charge in [-0.15, -0.1) is 10.2 Å². The second kappa shape index (κ2) is 6.87. The lowest BCUT2D eigenvalue weighted by Crippen LogP contribution is -1.99. The van der Waals surface area contributed by atoms with Gasteiger partial charge in [-0.05, 0) is 24.3 Å². The van der Waals surface area contributed by atoms with Crippen LogP contribution in [0.2, 0.25) is 0 Å². The van der Waals surface area contributed by atoms with E-state index in [9.17, 15) is 0 Å². The number of para-hydroxylation sites is 1. The van der Waals surface area contributed by atoms with Crippen molar-refractivity contribution in [2.75, 3.05) is 5.75 Å². The number of nitriles is 1. The molecule has 2 heterocycles. The Morgan fingerprint density at radius 3 is 2.55 bits per heavy atom. The summed E-state index contributed by atoms with van der Waals surface area (Å²) in [6, 6.07) is 15.9. The first-order valence-electron chi connectivity index (χ1n) is 6.81. The molecule has 0 saturated carbocycles. The normalized spacial score (nSPS) is 10.3. The molecule has 22 heavy (non-hydrogen) atoms. The molecule has 0 radical (unpaired) electrons. The molecule has 0 saturated heterocycles. The summed E-state index contributed by atoms with van der Waals surface area (Å²) in [6.07, 6.45) is 3.96. The highest BCUT2D eigenvalue weighted by Gasteiger charge is 2.15. The van der Waals surface area contributed by atoms with Gasteiger partial charge >= 0.3 is 0 Å². The number of pyridine rings is 1. The van der Waals surface area contributed by atoms with Crippen molar-refractivity contribution in [3.05, 3.63) is 54.9 Å². The largest absolute Gasteiger partial charge is 0.270 e. The first kappa shape index (κ1) is 14.3. The molecule has 0 atom stereocenters. The van der Waals surface area contributed by atoms with E-state index < -0.39 is 0 Å². The molecule has 1 aromatic carbocycles. The van der Waals surface area contributed by atoms with Gasteiger partial charge in [0.05, 0.1) is 6.07 Å². The minimum absolute atomic E-state index is 0.483. The van der Waals surface area contributed by atoms with Crippen LogP contribution in [0.25, 0.3) is 17.1 Å². The number of rotatable bonds is 5. The zero-order valence-corrected chi connectivity index (χ0v) is 12.6. The van der Waals surface area contributed by atoms with Gasteiger partial charge in [-0.1, -0.05) is 30.0 Å². The molecule has 6 heteroatoms. The maximum absolute atomic E-state index is 8.70. The summed E-state index contributed by atoms with van der Waals surface area (Å²) in [5.74, 6) is 1.46. The van der Waals surface area contributed by atoms with E-state index in [0.717, 1.165) is 22.2 Å². The summed E-state index contributed by atoms with van der Waals surface area (Å²) in [4.78, 5) is 4.04. The van der Waals surface area contributed by atoms with Gasteiger partial charge in [-0.2, -0.15) is 5.26 Å². The lowest BCUT2D eigenvalue weighted by Gasteiger charge is -2.09. The Kier molecular flexibility index (Phi) is 4.47. The summed E-state index contributed by atoms with van der Waals surface area (Å²) in [5, 5.41) is 18.1. The van der Waals surface area contributed by atoms with E-state index in [4.69, 9.17) is 5.26 Å². The van der Waals surface area contributed by atoms with Crippen LogP contribution >= 0.6 is 11.8 Å². The van der Waals surface area contributed by atoms with E-state index in [-0.39, 0.29) is 0 Å². The second-order valence-corrected chi connectivity index (χ2v) is 5.53. The molecule has 0 spiro atoms. The quantitative estimate of drug-likeness (QED) is 0.534. The highest BCUT2D eigenvalue weighted by Crippen LogP contribution is 2.27. The molecular weight excluding hydrogens is 294 g/mol. The van der Waals surface area contributed by atoms with Crippen LogP contribution in [0.5, 0.6) is 0 Å². The smallest absolute Gasteiger partial charge is 0.196 e. The maximum Gasteiger partial charge on any atom is 0.196 e. The summed E-state index contributed by atoms with van der Waals surface area (Å²) >= 11 is 1.53. The zero-order chi connectivity index (χ0) is 15.2. The van der Waals surface area contributed by atoms with Crippen LogP contribution in [0.4, 0.5) is 0 Å². The zero-order valence-electron chi connectivity index (χ0n) is 11.8. The fourth-order valence-electron chi connectivity index (χ4n) is 2.05. The van der Waals surface area contributed by atoms with Crippen molar-refractivity contribution in [1.29, 1.82) is 5.26 Å². The Morgan fingerprint density at radius 2 is 1.82 bits per heavy atom. The second-order valence-electron chi connectivity index (χ2n) is 4.47. The highest BCUT2D eigenvalue weighted by molar-refractivity contribution is 7.99. The molecule has 0 bridgehead atoms. The first-order valence-corrected chi connectivity index (χ1v) is 7.79. The lowest BCUT2D eigenvalue weighted by atomic mass is 10.2. The molecule has 0 aliphatic rings. The van der Waals surface area contributed by atoms with Crippen molar-refractivity contribution in [2.45, 2.75) is 11.6 Å².